The molecule has 0 aromatic rings. The van der Waals surface area contributed by atoms with Gasteiger partial charge in [0.15, 0.2) is 0 Å². The van der Waals surface area contributed by atoms with Crippen molar-refractivity contribution >= 4 is 23.1 Å². The van der Waals surface area contributed by atoms with Crippen LogP contribution in [-0.2, 0) is 0 Å². The Hall–Kier alpha value is 1.02. The second kappa shape index (κ2) is 10.1. The van der Waals surface area contributed by atoms with E-state index in [9.17, 15) is 0 Å². The van der Waals surface area contributed by atoms with Crippen molar-refractivity contribution in [1.82, 2.24) is 0 Å². The van der Waals surface area contributed by atoms with E-state index in [0.717, 1.165) is 6.42 Å². The van der Waals surface area contributed by atoms with Gasteiger partial charge in [0.1, 0.15) is 0 Å². The van der Waals surface area contributed by atoms with Gasteiger partial charge < -0.3 is 17.5 Å². The third kappa shape index (κ3) is 19.4. The Morgan fingerprint density at radius 3 is 1.71 bits per heavy atom. The van der Waals surface area contributed by atoms with Crippen LogP contribution in [0.1, 0.15) is 20.3 Å². The van der Waals surface area contributed by atoms with Crippen molar-refractivity contribution in [3.63, 3.8) is 0 Å². The smallest absolute Gasteiger partial charge is 1.00 e. The Morgan fingerprint density at radius 1 is 1.57 bits per heavy atom. The Balaban J connectivity index is -0.0000000800. The van der Waals surface area contributed by atoms with Gasteiger partial charge in [0.05, 0.1) is 6.10 Å². The first-order valence-electron chi connectivity index (χ1n) is 1.95. The van der Waals surface area contributed by atoms with Gasteiger partial charge in [-0.1, -0.05) is 6.92 Å². The molecule has 1 nitrogen and oxygen atoms in total. The zero-order chi connectivity index (χ0) is 4.28. The molecule has 1 unspecified atom stereocenters. The summed E-state index contributed by atoms with van der Waals surface area (Å²) in [5.74, 6) is 0. The van der Waals surface area contributed by atoms with Crippen LogP contribution in [0, 0.1) is 0 Å². The van der Waals surface area contributed by atoms with Crippen molar-refractivity contribution in [2.75, 3.05) is 0 Å². The summed E-state index contributed by atoms with van der Waals surface area (Å²) in [6.07, 6.45) is 0.745. The summed E-state index contributed by atoms with van der Waals surface area (Å²) in [6, 6.07) is 0. The molecule has 0 aliphatic carbocycles. The zero-order valence-corrected chi connectivity index (χ0v) is 6.99. The second-order valence-corrected chi connectivity index (χ2v) is 1.26. The third-order valence-electron chi connectivity index (χ3n) is 0.591. The molecule has 0 aromatic carbocycles. The van der Waals surface area contributed by atoms with Crippen molar-refractivity contribution in [3.8, 4) is 0 Å². The Morgan fingerprint density at radius 2 is 1.71 bits per heavy atom. The van der Waals surface area contributed by atoms with E-state index in [1.165, 1.54) is 0 Å². The van der Waals surface area contributed by atoms with Crippen LogP contribution in [0.4, 0.5) is 0 Å². The molecular formula is C4H10ClMgO+. The Kier molecular flexibility index (Phi) is 22.6. The molecule has 0 radical (unpaired) electrons. The van der Waals surface area contributed by atoms with Crippen LogP contribution in [0.5, 0.6) is 0 Å². The monoisotopic (exact) mass is 133 g/mol. The molecule has 0 saturated carbocycles. The van der Waals surface area contributed by atoms with Crippen LogP contribution < -0.4 is 12.4 Å². The van der Waals surface area contributed by atoms with E-state index in [4.69, 9.17) is 5.11 Å². The van der Waals surface area contributed by atoms with Crippen molar-refractivity contribution in [3.05, 3.63) is 0 Å². The van der Waals surface area contributed by atoms with E-state index in [1.54, 1.807) is 6.92 Å². The third-order valence-corrected chi connectivity index (χ3v) is 0.591. The topological polar surface area (TPSA) is 20.2 Å². The van der Waals surface area contributed by atoms with Crippen LogP contribution in [0.2, 0.25) is 0 Å². The largest absolute Gasteiger partial charge is 2.00 e. The minimum atomic E-state index is -0.116. The average Bonchev–Trinajstić information content (AvgIpc) is 1.38. The van der Waals surface area contributed by atoms with E-state index in [2.05, 4.69) is 0 Å². The van der Waals surface area contributed by atoms with Crippen LogP contribution in [-0.4, -0.2) is 34.3 Å². The van der Waals surface area contributed by atoms with E-state index in [1.807, 2.05) is 6.92 Å². The summed E-state index contributed by atoms with van der Waals surface area (Å²) < 4.78 is 0. The van der Waals surface area contributed by atoms with Crippen LogP contribution in [0.3, 0.4) is 0 Å². The standard InChI is InChI=1S/C4H10O.ClH.Mg/c1-3-4(2)5;;/h4-5H,3H2,1-2H3;1H;/q;;+2/p-1. The summed E-state index contributed by atoms with van der Waals surface area (Å²) in [4.78, 5) is 0. The summed E-state index contributed by atoms with van der Waals surface area (Å²) in [5, 5.41) is 8.36. The molecule has 3 heteroatoms. The predicted octanol–water partition coefficient (Wildman–Crippen LogP) is -2.60. The van der Waals surface area contributed by atoms with Gasteiger partial charge in [-0.3, -0.25) is 0 Å². The maximum Gasteiger partial charge on any atom is 2.00 e. The number of halogens is 1. The number of rotatable bonds is 1. The van der Waals surface area contributed by atoms with Gasteiger partial charge in [-0.05, 0) is 13.3 Å². The Labute approximate surface area is 67.1 Å². The fraction of sp³-hybridized carbons (Fsp3) is 1.00. The average molecular weight is 134 g/mol. The normalized spacial score (nSPS) is 10.7. The fourth-order valence-corrected chi connectivity index (χ4v) is 0. The van der Waals surface area contributed by atoms with Gasteiger partial charge in [0.25, 0.3) is 0 Å². The summed E-state index contributed by atoms with van der Waals surface area (Å²) >= 11 is 0. The van der Waals surface area contributed by atoms with E-state index < -0.39 is 0 Å². The van der Waals surface area contributed by atoms with Crippen molar-refractivity contribution in [2.45, 2.75) is 26.4 Å². The molecule has 0 saturated heterocycles. The number of hydrogen-bond donors (Lipinski definition) is 1. The van der Waals surface area contributed by atoms with Gasteiger partial charge in [0, 0.05) is 0 Å². The summed E-state index contributed by atoms with van der Waals surface area (Å²) in [7, 11) is 0. The van der Waals surface area contributed by atoms with Crippen molar-refractivity contribution < 1.29 is 17.5 Å². The van der Waals surface area contributed by atoms with E-state index in [-0.39, 0.29) is 41.6 Å². The summed E-state index contributed by atoms with van der Waals surface area (Å²) in [6.45, 7) is 3.73. The van der Waals surface area contributed by atoms with Gasteiger partial charge in [-0.25, -0.2) is 0 Å². The first-order chi connectivity index (χ1) is 2.27. The molecule has 0 amide bonds. The first-order valence-corrected chi connectivity index (χ1v) is 1.95. The molecule has 0 aliphatic heterocycles. The molecule has 0 heterocycles. The molecule has 0 aliphatic rings. The minimum absolute atomic E-state index is 0. The van der Waals surface area contributed by atoms with Crippen molar-refractivity contribution in [1.29, 1.82) is 0 Å². The second-order valence-electron chi connectivity index (χ2n) is 1.26. The molecule has 1 atom stereocenters. The first kappa shape index (κ1) is 15.7. The number of hydrogen-bond acceptors (Lipinski definition) is 1. The molecule has 7 heavy (non-hydrogen) atoms. The molecule has 0 bridgehead atoms. The quantitative estimate of drug-likeness (QED) is 0.390. The number of aliphatic hydroxyl groups excluding tert-OH is 1. The maximum absolute atomic E-state index is 8.36. The van der Waals surface area contributed by atoms with Gasteiger partial charge in [-0.2, -0.15) is 0 Å². The zero-order valence-electron chi connectivity index (χ0n) is 4.82. The van der Waals surface area contributed by atoms with E-state index >= 15 is 0 Å². The number of aliphatic hydroxyl groups is 1. The molecule has 1 N–H and O–H groups in total. The molecule has 0 spiro atoms. The van der Waals surface area contributed by atoms with Gasteiger partial charge in [0.2, 0.25) is 0 Å². The SMILES string of the molecule is CCC(C)O.[Cl-].[Mg+2]. The Bertz CT molecular complexity index is 25.7. The van der Waals surface area contributed by atoms with Crippen LogP contribution in [0.25, 0.3) is 0 Å². The maximum atomic E-state index is 8.36. The molecule has 0 rings (SSSR count). The van der Waals surface area contributed by atoms with Crippen LogP contribution in [0.15, 0.2) is 0 Å². The molecule has 40 valence electrons. The van der Waals surface area contributed by atoms with E-state index in [0.29, 0.717) is 0 Å². The molecule has 0 aromatic heterocycles. The molecule has 0 fully saturated rings. The van der Waals surface area contributed by atoms with Gasteiger partial charge in [-0.15, -0.1) is 0 Å². The van der Waals surface area contributed by atoms with Gasteiger partial charge >= 0.3 is 23.1 Å². The predicted molar refractivity (Wildman–Crippen MR) is 27.7 cm³/mol. The minimum Gasteiger partial charge on any atom is -1.00 e. The van der Waals surface area contributed by atoms with Crippen molar-refractivity contribution in [2.24, 2.45) is 0 Å². The molecular weight excluding hydrogens is 124 g/mol. The fourth-order valence-electron chi connectivity index (χ4n) is 0. The summed E-state index contributed by atoms with van der Waals surface area (Å²) in [5.41, 5.74) is 0. The van der Waals surface area contributed by atoms with Crippen LogP contribution >= 0.6 is 0 Å².